The fourth-order valence-electron chi connectivity index (χ4n) is 3.24. The Morgan fingerprint density at radius 2 is 1.81 bits per heavy atom. The minimum atomic E-state index is -3.98. The van der Waals surface area contributed by atoms with Crippen LogP contribution in [0.3, 0.4) is 0 Å². The van der Waals surface area contributed by atoms with Gasteiger partial charge < -0.3 is 4.40 Å². The normalized spacial score (nSPS) is 11.6. The summed E-state index contributed by atoms with van der Waals surface area (Å²) in [6.45, 7) is 1.87. The number of halogens is 2. The predicted molar refractivity (Wildman–Crippen MR) is 120 cm³/mol. The van der Waals surface area contributed by atoms with E-state index in [2.05, 4.69) is 9.71 Å². The SMILES string of the molecule is Cc1nc2ccc(C(=O)NS(=O)(=O)c3ccccc3)cn2c1Cc1ccc(Cl)cc1Cl. The number of nitrogens with one attached hydrogen (secondary N) is 1. The number of hydrogen-bond acceptors (Lipinski definition) is 4. The van der Waals surface area contributed by atoms with Crippen LogP contribution in [-0.4, -0.2) is 23.7 Å². The molecule has 31 heavy (non-hydrogen) atoms. The molecule has 0 aliphatic rings. The van der Waals surface area contributed by atoms with Gasteiger partial charge in [-0.3, -0.25) is 4.79 Å². The second-order valence-corrected chi connectivity index (χ2v) is 9.48. The van der Waals surface area contributed by atoms with Gasteiger partial charge in [-0.25, -0.2) is 18.1 Å². The third kappa shape index (κ3) is 4.44. The first kappa shape index (κ1) is 21.4. The minimum Gasteiger partial charge on any atom is -0.303 e. The lowest BCUT2D eigenvalue weighted by Gasteiger charge is -2.09. The van der Waals surface area contributed by atoms with Crippen molar-refractivity contribution in [1.29, 1.82) is 0 Å². The number of aromatic nitrogens is 2. The number of nitrogens with zero attached hydrogens (tertiary/aromatic N) is 2. The molecule has 2 aromatic heterocycles. The molecule has 1 N–H and O–H groups in total. The Hall–Kier alpha value is -2.87. The highest BCUT2D eigenvalue weighted by atomic mass is 35.5. The molecule has 158 valence electrons. The van der Waals surface area contributed by atoms with Crippen molar-refractivity contribution in [2.24, 2.45) is 0 Å². The topological polar surface area (TPSA) is 80.5 Å². The molecule has 0 aliphatic carbocycles. The van der Waals surface area contributed by atoms with E-state index in [1.165, 1.54) is 18.2 Å². The molecule has 2 aromatic carbocycles. The molecule has 0 saturated heterocycles. The lowest BCUT2D eigenvalue weighted by atomic mass is 10.1. The Morgan fingerprint density at radius 3 is 2.52 bits per heavy atom. The van der Waals surface area contributed by atoms with E-state index < -0.39 is 15.9 Å². The van der Waals surface area contributed by atoms with Gasteiger partial charge in [-0.05, 0) is 48.9 Å². The van der Waals surface area contributed by atoms with Crippen LogP contribution in [0.2, 0.25) is 10.0 Å². The number of hydrogen-bond donors (Lipinski definition) is 1. The van der Waals surface area contributed by atoms with Gasteiger partial charge in [0, 0.05) is 28.4 Å². The van der Waals surface area contributed by atoms with Gasteiger partial charge in [-0.2, -0.15) is 0 Å². The van der Waals surface area contributed by atoms with Gasteiger partial charge in [0.15, 0.2) is 0 Å². The van der Waals surface area contributed by atoms with Crippen molar-refractivity contribution in [1.82, 2.24) is 14.1 Å². The van der Waals surface area contributed by atoms with Crippen molar-refractivity contribution in [3.05, 3.63) is 99.4 Å². The van der Waals surface area contributed by atoms with E-state index in [1.807, 2.05) is 13.0 Å². The largest absolute Gasteiger partial charge is 0.303 e. The second-order valence-electron chi connectivity index (χ2n) is 6.95. The highest BCUT2D eigenvalue weighted by Gasteiger charge is 2.20. The van der Waals surface area contributed by atoms with Crippen LogP contribution in [0.4, 0.5) is 0 Å². The van der Waals surface area contributed by atoms with E-state index in [4.69, 9.17) is 23.2 Å². The van der Waals surface area contributed by atoms with E-state index in [9.17, 15) is 13.2 Å². The van der Waals surface area contributed by atoms with Gasteiger partial charge in [0.1, 0.15) is 5.65 Å². The summed E-state index contributed by atoms with van der Waals surface area (Å²) >= 11 is 12.3. The van der Waals surface area contributed by atoms with Gasteiger partial charge in [-0.15, -0.1) is 0 Å². The van der Waals surface area contributed by atoms with Crippen molar-refractivity contribution in [2.45, 2.75) is 18.2 Å². The number of aryl methyl sites for hydroxylation is 1. The van der Waals surface area contributed by atoms with Crippen molar-refractivity contribution in [2.75, 3.05) is 0 Å². The van der Waals surface area contributed by atoms with Crippen LogP contribution in [0.15, 0.2) is 71.8 Å². The zero-order chi connectivity index (χ0) is 22.2. The first-order valence-electron chi connectivity index (χ1n) is 9.28. The van der Waals surface area contributed by atoms with Crippen LogP contribution in [0.5, 0.6) is 0 Å². The highest BCUT2D eigenvalue weighted by molar-refractivity contribution is 7.90. The van der Waals surface area contributed by atoms with Crippen LogP contribution in [0.1, 0.15) is 27.3 Å². The maximum atomic E-state index is 12.7. The molecule has 0 fully saturated rings. The van der Waals surface area contributed by atoms with Crippen molar-refractivity contribution in [3.8, 4) is 0 Å². The van der Waals surface area contributed by atoms with Crippen LogP contribution in [0, 0.1) is 6.92 Å². The van der Waals surface area contributed by atoms with E-state index in [-0.39, 0.29) is 10.5 Å². The Bertz CT molecular complexity index is 1400. The summed E-state index contributed by atoms with van der Waals surface area (Å²) in [7, 11) is -3.98. The van der Waals surface area contributed by atoms with Gasteiger partial charge in [0.05, 0.1) is 16.2 Å². The van der Waals surface area contributed by atoms with Crippen molar-refractivity contribution >= 4 is 44.8 Å². The summed E-state index contributed by atoms with van der Waals surface area (Å²) in [4.78, 5) is 17.2. The molecule has 0 aliphatic heterocycles. The van der Waals surface area contributed by atoms with E-state index in [1.54, 1.807) is 47.0 Å². The maximum Gasteiger partial charge on any atom is 0.266 e. The standard InChI is InChI=1S/C22H17Cl2N3O3S/c1-14-20(11-15-7-9-17(23)12-19(15)24)27-13-16(8-10-21(27)25-14)22(28)26-31(29,30)18-5-3-2-4-6-18/h2-10,12-13H,11H2,1H3,(H,26,28). The number of carbonyl (C=O) groups excluding carboxylic acids is 1. The highest BCUT2D eigenvalue weighted by Crippen LogP contribution is 2.25. The number of carbonyl (C=O) groups is 1. The first-order valence-corrected chi connectivity index (χ1v) is 11.5. The summed E-state index contributed by atoms with van der Waals surface area (Å²) in [6, 6.07) is 16.2. The number of pyridine rings is 1. The molecule has 4 aromatic rings. The summed E-state index contributed by atoms with van der Waals surface area (Å²) < 4.78 is 28.8. The number of rotatable bonds is 5. The summed E-state index contributed by atoms with van der Waals surface area (Å²) in [5, 5.41) is 1.08. The van der Waals surface area contributed by atoms with E-state index in [0.717, 1.165) is 17.0 Å². The van der Waals surface area contributed by atoms with E-state index in [0.29, 0.717) is 22.1 Å². The van der Waals surface area contributed by atoms with Gasteiger partial charge >= 0.3 is 0 Å². The molecule has 6 nitrogen and oxygen atoms in total. The summed E-state index contributed by atoms with van der Waals surface area (Å²) in [5.41, 5.74) is 3.30. The Balaban J connectivity index is 1.67. The van der Waals surface area contributed by atoms with Crippen LogP contribution in [0.25, 0.3) is 5.65 Å². The molecular formula is C22H17Cl2N3O3S. The molecule has 0 bridgehead atoms. The summed E-state index contributed by atoms with van der Waals surface area (Å²) in [6.07, 6.45) is 2.04. The number of imidazole rings is 1. The number of sulfonamides is 1. The third-order valence-electron chi connectivity index (χ3n) is 4.83. The lowest BCUT2D eigenvalue weighted by Crippen LogP contribution is -2.30. The summed E-state index contributed by atoms with van der Waals surface area (Å²) in [5.74, 6) is -0.729. The predicted octanol–water partition coefficient (Wildman–Crippen LogP) is 4.66. The molecule has 0 spiro atoms. The lowest BCUT2D eigenvalue weighted by molar-refractivity contribution is 0.0981. The molecule has 0 saturated carbocycles. The Morgan fingerprint density at radius 1 is 1.06 bits per heavy atom. The van der Waals surface area contributed by atoms with Crippen molar-refractivity contribution in [3.63, 3.8) is 0 Å². The van der Waals surface area contributed by atoms with Crippen LogP contribution >= 0.6 is 23.2 Å². The molecule has 1 amide bonds. The van der Waals surface area contributed by atoms with Gasteiger partial charge in [0.25, 0.3) is 15.9 Å². The molecular weight excluding hydrogens is 457 g/mol. The average Bonchev–Trinajstić information content (AvgIpc) is 3.04. The molecule has 0 atom stereocenters. The van der Waals surface area contributed by atoms with Crippen LogP contribution in [-0.2, 0) is 16.4 Å². The zero-order valence-corrected chi connectivity index (χ0v) is 18.7. The van der Waals surface area contributed by atoms with Crippen LogP contribution < -0.4 is 4.72 Å². The van der Waals surface area contributed by atoms with E-state index >= 15 is 0 Å². The molecule has 0 radical (unpaired) electrons. The Kier molecular flexibility index (Phi) is 5.75. The van der Waals surface area contributed by atoms with Gasteiger partial charge in [0.2, 0.25) is 0 Å². The Labute approximate surface area is 189 Å². The molecule has 2 heterocycles. The minimum absolute atomic E-state index is 0.0148. The first-order chi connectivity index (χ1) is 14.7. The number of fused-ring (bicyclic) bond motifs is 1. The number of amides is 1. The smallest absolute Gasteiger partial charge is 0.266 e. The monoisotopic (exact) mass is 473 g/mol. The second kappa shape index (κ2) is 8.34. The molecule has 4 rings (SSSR count). The molecule has 9 heteroatoms. The quantitative estimate of drug-likeness (QED) is 0.456. The average molecular weight is 474 g/mol. The fraction of sp³-hybridized carbons (Fsp3) is 0.0909. The van der Waals surface area contributed by atoms with Crippen molar-refractivity contribution < 1.29 is 13.2 Å². The zero-order valence-electron chi connectivity index (χ0n) is 16.3. The third-order valence-corrected chi connectivity index (χ3v) is 6.77. The molecule has 0 unspecified atom stereocenters. The van der Waals surface area contributed by atoms with Gasteiger partial charge in [-0.1, -0.05) is 47.5 Å². The number of benzene rings is 2. The fourth-order valence-corrected chi connectivity index (χ4v) is 4.71. The maximum absolute atomic E-state index is 12.7.